The highest BCUT2D eigenvalue weighted by atomic mass is 32.2. The van der Waals surface area contributed by atoms with Crippen molar-refractivity contribution in [1.82, 2.24) is 4.31 Å². The van der Waals surface area contributed by atoms with Crippen molar-refractivity contribution in [2.45, 2.75) is 78.9 Å². The molecule has 5 aromatic rings. The number of nitro groups is 1. The SMILES string of the molecule is CN(CCCC(=O)O)[S+]([O-])c1cccc2c3c(ccc12)N(CCCS(=O)(=O)O)C(=CC=C(C=CC1=[N+](CCCS(=O)(=O)O)c2ccc4c(S(=O)(=O)O)cc(S(=O)(=O)O)cc4c2C1(C)C)c1ccccc1[N+](=O)[O-])C3(C)C. The van der Waals surface area contributed by atoms with Crippen molar-refractivity contribution < 1.29 is 75.8 Å². The van der Waals surface area contributed by atoms with Gasteiger partial charge in [0, 0.05) is 84.3 Å². The fourth-order valence-electron chi connectivity index (χ4n) is 10.2. The Morgan fingerprint density at radius 1 is 0.776 bits per heavy atom. The van der Waals surface area contributed by atoms with Crippen LogP contribution in [0.25, 0.3) is 27.1 Å². The molecule has 0 aromatic heterocycles. The van der Waals surface area contributed by atoms with Crippen molar-refractivity contribution in [3.63, 3.8) is 0 Å². The Kier molecular flexibility index (Phi) is 16.3. The maximum atomic E-state index is 14.0. The van der Waals surface area contributed by atoms with Crippen LogP contribution in [0.1, 0.15) is 70.1 Å². The first-order chi connectivity index (χ1) is 35.2. The van der Waals surface area contributed by atoms with Gasteiger partial charge in [-0.25, -0.2) is 0 Å². The summed E-state index contributed by atoms with van der Waals surface area (Å²) in [5.41, 5.74) is 0.843. The smallest absolute Gasteiger partial charge is 0.303 e. The third kappa shape index (κ3) is 12.1. The Bertz CT molecular complexity index is 3810. The van der Waals surface area contributed by atoms with E-state index in [1.165, 1.54) is 30.3 Å². The number of aliphatic carboxylic acids is 1. The number of nitrogens with zero attached hydrogens (tertiary/aromatic N) is 4. The summed E-state index contributed by atoms with van der Waals surface area (Å²) in [6.45, 7) is 7.41. The summed E-state index contributed by atoms with van der Waals surface area (Å²) in [5, 5.41) is 23.1. The molecule has 5 N–H and O–H groups in total. The van der Waals surface area contributed by atoms with E-state index in [4.69, 9.17) is 0 Å². The lowest BCUT2D eigenvalue weighted by atomic mass is 9.78. The van der Waals surface area contributed by atoms with Crippen molar-refractivity contribution >= 4 is 108 Å². The first-order valence-corrected chi connectivity index (χ1v) is 30.6. The molecule has 0 amide bonds. The van der Waals surface area contributed by atoms with Crippen LogP contribution in [0.3, 0.4) is 0 Å². The number of carbonyl (C=O) groups is 1. The summed E-state index contributed by atoms with van der Waals surface area (Å²) in [5.74, 6) is -2.25. The van der Waals surface area contributed by atoms with E-state index < -0.39 is 94.9 Å². The normalized spacial score (nSPS) is 16.9. The zero-order valence-electron chi connectivity index (χ0n) is 41.6. The van der Waals surface area contributed by atoms with Crippen LogP contribution in [0.2, 0.25) is 0 Å². The molecule has 2 aliphatic heterocycles. The molecule has 1 unspecified atom stereocenters. The van der Waals surface area contributed by atoms with Gasteiger partial charge in [0.25, 0.3) is 46.2 Å². The second-order valence-corrected chi connectivity index (χ2v) is 26.9. The summed E-state index contributed by atoms with van der Waals surface area (Å²) >= 11 is -1.72. The largest absolute Gasteiger partial charge is 0.593 e. The van der Waals surface area contributed by atoms with E-state index in [1.54, 1.807) is 84.4 Å². The zero-order chi connectivity index (χ0) is 56.1. The van der Waals surface area contributed by atoms with E-state index in [0.717, 1.165) is 11.6 Å². The molecule has 0 saturated heterocycles. The predicted molar refractivity (Wildman–Crippen MR) is 287 cm³/mol. The lowest BCUT2D eigenvalue weighted by Crippen LogP contribution is -2.28. The summed E-state index contributed by atoms with van der Waals surface area (Å²) < 4.78 is 156. The molecule has 0 spiro atoms. The highest BCUT2D eigenvalue weighted by Crippen LogP contribution is 2.52. The topological polar surface area (TPSA) is 330 Å². The Labute approximate surface area is 443 Å². The van der Waals surface area contributed by atoms with Crippen LogP contribution in [-0.4, -0.2) is 125 Å². The van der Waals surface area contributed by atoms with Crippen molar-refractivity contribution in [3.05, 3.63) is 136 Å². The van der Waals surface area contributed by atoms with Gasteiger partial charge in [0.2, 0.25) is 5.69 Å². The first-order valence-electron chi connectivity index (χ1n) is 23.4. The van der Waals surface area contributed by atoms with E-state index in [0.29, 0.717) is 50.1 Å². The quantitative estimate of drug-likeness (QED) is 0.0119. The van der Waals surface area contributed by atoms with Gasteiger partial charge in [-0.2, -0.15) is 38.2 Å². The zero-order valence-corrected chi connectivity index (χ0v) is 45.7. The van der Waals surface area contributed by atoms with Crippen LogP contribution in [0.15, 0.2) is 124 Å². The molecule has 76 heavy (non-hydrogen) atoms. The maximum absolute atomic E-state index is 14.0. The third-order valence-corrected chi connectivity index (χ3v) is 18.3. The Morgan fingerprint density at radius 3 is 2.07 bits per heavy atom. The van der Waals surface area contributed by atoms with Crippen LogP contribution in [0.5, 0.6) is 0 Å². The molecule has 26 heteroatoms. The Hall–Kier alpha value is -5.91. The summed E-state index contributed by atoms with van der Waals surface area (Å²) in [4.78, 5) is 24.0. The molecule has 0 saturated carbocycles. The molecule has 7 rings (SSSR count). The van der Waals surface area contributed by atoms with Crippen LogP contribution in [0, 0.1) is 10.1 Å². The van der Waals surface area contributed by atoms with Crippen LogP contribution in [0.4, 0.5) is 17.1 Å². The monoisotopic (exact) mass is 1140 g/mol. The molecular formula is C50H55N4O17S5+. The molecule has 0 aliphatic carbocycles. The summed E-state index contributed by atoms with van der Waals surface area (Å²) in [6, 6.07) is 19.2. The van der Waals surface area contributed by atoms with Gasteiger partial charge in [0.1, 0.15) is 11.4 Å². The number of nitro benzene ring substituents is 1. The molecule has 2 aliphatic rings. The highest BCUT2D eigenvalue weighted by molar-refractivity contribution is 7.89. The molecule has 0 fully saturated rings. The number of carboxylic acids is 1. The molecule has 0 bridgehead atoms. The first kappa shape index (κ1) is 57.8. The molecule has 2 heterocycles. The minimum absolute atomic E-state index is 0.0154. The van der Waals surface area contributed by atoms with E-state index in [9.17, 15) is 76.5 Å². The fourth-order valence-corrected chi connectivity index (χ4v) is 13.7. The lowest BCUT2D eigenvalue weighted by molar-refractivity contribution is -0.437. The number of para-hydroxylation sites is 1. The maximum Gasteiger partial charge on any atom is 0.303 e. The number of hydrogen-bond donors (Lipinski definition) is 5. The van der Waals surface area contributed by atoms with Crippen LogP contribution in [-0.2, 0) is 67.5 Å². The third-order valence-electron chi connectivity index (χ3n) is 13.5. The van der Waals surface area contributed by atoms with Gasteiger partial charge in [0.15, 0.2) is 10.6 Å². The second kappa shape index (κ2) is 21.5. The fraction of sp³-hybridized carbons (Fsp3) is 0.320. The van der Waals surface area contributed by atoms with Crippen LogP contribution < -0.4 is 4.90 Å². The average molecular weight is 1140 g/mol. The van der Waals surface area contributed by atoms with E-state index in [1.807, 2.05) is 24.8 Å². The van der Waals surface area contributed by atoms with Gasteiger partial charge in [0.05, 0.1) is 43.7 Å². The molecule has 406 valence electrons. The van der Waals surface area contributed by atoms with Gasteiger partial charge in [-0.3, -0.25) is 33.1 Å². The van der Waals surface area contributed by atoms with Crippen molar-refractivity contribution in [1.29, 1.82) is 0 Å². The van der Waals surface area contributed by atoms with Crippen molar-refractivity contribution in [2.24, 2.45) is 0 Å². The summed E-state index contributed by atoms with van der Waals surface area (Å²) in [7, 11) is -17.4. The number of rotatable bonds is 21. The molecule has 1 atom stereocenters. The van der Waals surface area contributed by atoms with E-state index >= 15 is 0 Å². The molecule has 5 aromatic carbocycles. The van der Waals surface area contributed by atoms with Gasteiger partial charge in [-0.05, 0) is 103 Å². The lowest BCUT2D eigenvalue weighted by Gasteiger charge is -2.27. The molecule has 21 nitrogen and oxygen atoms in total. The van der Waals surface area contributed by atoms with Gasteiger partial charge < -0.3 is 14.6 Å². The number of hydrogen-bond acceptors (Lipinski definition) is 14. The summed E-state index contributed by atoms with van der Waals surface area (Å²) in [6.07, 6.45) is 6.45. The number of fused-ring (bicyclic) bond motifs is 6. The predicted octanol–water partition coefficient (Wildman–Crippen LogP) is 7.47. The number of anilines is 1. The van der Waals surface area contributed by atoms with Crippen molar-refractivity contribution in [3.8, 4) is 0 Å². The van der Waals surface area contributed by atoms with E-state index in [2.05, 4.69) is 0 Å². The Balaban J connectivity index is 1.44. The number of allylic oxidation sites excluding steroid dienone is 6. The minimum atomic E-state index is -5.11. The number of carboxylic acid groups (broad SMARTS) is 1. The van der Waals surface area contributed by atoms with Gasteiger partial charge in [-0.1, -0.05) is 44.2 Å². The number of benzene rings is 5. The second-order valence-electron chi connectivity index (χ2n) is 19.3. The van der Waals surface area contributed by atoms with Gasteiger partial charge in [-0.15, -0.1) is 4.31 Å². The standard InChI is InChI=1S/C50H54N4O17S5/c1-49(2)44(52(26-10-28-73(60,61)62)40-21-19-35-37(47(40)49)13-8-15-42(35)72(59)51(5)25-9-16-46(55)56)23-17-32(34-12-6-7-14-39(34)54(57)58)18-24-45-50(3,4)48-38-30-33(75(66,67)68)31-43(76(69,70)71)36(38)20-22-41(48)53(45)27-11-29-74(63,64)65/h6-8,12-15,17-24,30-31H,9-11,16,25-29H2,1-5H3,(H4-,55,56,60,61,62,63,64,65,66,67,68,69,70,71)/p+1. The van der Waals surface area contributed by atoms with Crippen LogP contribution >= 0.6 is 0 Å². The van der Waals surface area contributed by atoms with Gasteiger partial charge >= 0.3 is 5.97 Å². The average Bonchev–Trinajstić information content (AvgIpc) is 3.68. The molecule has 0 radical (unpaired) electrons. The minimum Gasteiger partial charge on any atom is -0.593 e. The molecular weight excluding hydrogens is 1090 g/mol. The Morgan fingerprint density at radius 2 is 1.43 bits per heavy atom. The van der Waals surface area contributed by atoms with E-state index in [-0.39, 0.29) is 72.9 Å². The van der Waals surface area contributed by atoms with Crippen molar-refractivity contribution in [2.75, 3.05) is 43.1 Å². The highest BCUT2D eigenvalue weighted by Gasteiger charge is 2.47.